The van der Waals surface area contributed by atoms with Crippen molar-refractivity contribution >= 4 is 17.7 Å². The topological polar surface area (TPSA) is 64.3 Å². The average molecular weight is 252 g/mol. The molecular weight excluding hydrogens is 236 g/mol. The molecule has 5 heteroatoms. The third kappa shape index (κ3) is 3.38. The van der Waals surface area contributed by atoms with Crippen molar-refractivity contribution in [3.63, 3.8) is 0 Å². The van der Waals surface area contributed by atoms with Crippen LogP contribution in [0, 0.1) is 0 Å². The van der Waals surface area contributed by atoms with Crippen LogP contribution in [0.2, 0.25) is 0 Å². The van der Waals surface area contributed by atoms with E-state index in [1.807, 2.05) is 36.0 Å². The van der Waals surface area contributed by atoms with Gasteiger partial charge in [-0.2, -0.15) is 0 Å². The normalized spacial score (nSPS) is 23.6. The summed E-state index contributed by atoms with van der Waals surface area (Å²) in [5.74, 6) is 1.34. The molecule has 0 radical (unpaired) electrons. The minimum atomic E-state index is -0.462. The molecule has 2 atom stereocenters. The summed E-state index contributed by atoms with van der Waals surface area (Å²) in [6.45, 7) is 2.10. The van der Waals surface area contributed by atoms with Crippen LogP contribution < -0.4 is 15.8 Å². The number of thioether (sulfide) groups is 1. The summed E-state index contributed by atoms with van der Waals surface area (Å²) in [5.41, 5.74) is 6.24. The van der Waals surface area contributed by atoms with Crippen LogP contribution in [-0.4, -0.2) is 24.3 Å². The van der Waals surface area contributed by atoms with E-state index >= 15 is 0 Å². The van der Waals surface area contributed by atoms with Gasteiger partial charge >= 0.3 is 0 Å². The van der Waals surface area contributed by atoms with Gasteiger partial charge in [0.15, 0.2) is 6.61 Å². The molecule has 1 aromatic rings. The number of amides is 1. The number of hydrogen-bond donors (Lipinski definition) is 2. The molecule has 1 aliphatic heterocycles. The molecule has 4 nitrogen and oxygen atoms in total. The lowest BCUT2D eigenvalue weighted by molar-refractivity contribution is -0.119. The molecule has 0 aromatic heterocycles. The van der Waals surface area contributed by atoms with Crippen molar-refractivity contribution in [1.29, 1.82) is 0 Å². The fraction of sp³-hybridized carbons (Fsp3) is 0.417. The summed E-state index contributed by atoms with van der Waals surface area (Å²) in [4.78, 5) is 10.6. The largest absolute Gasteiger partial charge is 0.484 e. The molecule has 1 saturated heterocycles. The summed E-state index contributed by atoms with van der Waals surface area (Å²) in [6, 6.07) is 8.31. The maximum Gasteiger partial charge on any atom is 0.255 e. The van der Waals surface area contributed by atoms with Gasteiger partial charge in [0.05, 0.1) is 5.37 Å². The summed E-state index contributed by atoms with van der Waals surface area (Å²) in [5, 5.41) is 3.84. The van der Waals surface area contributed by atoms with Crippen molar-refractivity contribution in [2.45, 2.75) is 18.3 Å². The van der Waals surface area contributed by atoms with Crippen molar-refractivity contribution < 1.29 is 9.53 Å². The van der Waals surface area contributed by atoms with Gasteiger partial charge in [-0.05, 0) is 24.6 Å². The minimum absolute atomic E-state index is 0.0766. The van der Waals surface area contributed by atoms with Crippen LogP contribution in [0.25, 0.3) is 0 Å². The Bertz CT molecular complexity index is 394. The van der Waals surface area contributed by atoms with Crippen LogP contribution in [0.15, 0.2) is 24.3 Å². The zero-order valence-electron chi connectivity index (χ0n) is 9.68. The highest BCUT2D eigenvalue weighted by molar-refractivity contribution is 7.99. The predicted molar refractivity (Wildman–Crippen MR) is 68.9 cm³/mol. The SMILES string of the molecule is CC1CSC(c2ccc(OCC(N)=O)cc2)N1. The van der Waals surface area contributed by atoms with Gasteiger partial charge in [-0.25, -0.2) is 0 Å². The molecule has 2 unspecified atom stereocenters. The Morgan fingerprint density at radius 3 is 2.76 bits per heavy atom. The van der Waals surface area contributed by atoms with E-state index in [1.54, 1.807) is 0 Å². The quantitative estimate of drug-likeness (QED) is 0.847. The lowest BCUT2D eigenvalue weighted by Gasteiger charge is -2.12. The Labute approximate surface area is 105 Å². The van der Waals surface area contributed by atoms with E-state index in [1.165, 1.54) is 5.56 Å². The van der Waals surface area contributed by atoms with Gasteiger partial charge in [0.1, 0.15) is 5.75 Å². The lowest BCUT2D eigenvalue weighted by Crippen LogP contribution is -2.22. The standard InChI is InChI=1S/C12H16N2O2S/c1-8-7-17-12(14-8)9-2-4-10(5-3-9)16-6-11(13)15/h2-5,8,12,14H,6-7H2,1H3,(H2,13,15). The molecule has 2 rings (SSSR count). The number of benzene rings is 1. The summed E-state index contributed by atoms with van der Waals surface area (Å²) < 4.78 is 5.20. The number of rotatable bonds is 4. The van der Waals surface area contributed by atoms with E-state index in [9.17, 15) is 4.79 Å². The van der Waals surface area contributed by atoms with E-state index in [0.717, 1.165) is 5.75 Å². The first-order valence-electron chi connectivity index (χ1n) is 5.54. The Balaban J connectivity index is 1.95. The second kappa shape index (κ2) is 5.42. The monoisotopic (exact) mass is 252 g/mol. The fourth-order valence-electron chi connectivity index (χ4n) is 1.68. The molecule has 1 fully saturated rings. The number of carbonyl (C=O) groups is 1. The van der Waals surface area contributed by atoms with Crippen LogP contribution in [0.3, 0.4) is 0 Å². The highest BCUT2D eigenvalue weighted by atomic mass is 32.2. The van der Waals surface area contributed by atoms with Crippen molar-refractivity contribution in [3.8, 4) is 5.75 Å². The zero-order valence-corrected chi connectivity index (χ0v) is 10.5. The molecule has 92 valence electrons. The van der Waals surface area contributed by atoms with Gasteiger partial charge in [0, 0.05) is 11.8 Å². The van der Waals surface area contributed by atoms with E-state index in [0.29, 0.717) is 17.2 Å². The van der Waals surface area contributed by atoms with Gasteiger partial charge < -0.3 is 10.5 Å². The van der Waals surface area contributed by atoms with Gasteiger partial charge in [0.2, 0.25) is 0 Å². The van der Waals surface area contributed by atoms with Gasteiger partial charge in [-0.1, -0.05) is 12.1 Å². The molecule has 1 heterocycles. The van der Waals surface area contributed by atoms with Crippen molar-refractivity contribution in [2.75, 3.05) is 12.4 Å². The van der Waals surface area contributed by atoms with Gasteiger partial charge in [-0.15, -0.1) is 11.8 Å². The number of hydrogen-bond acceptors (Lipinski definition) is 4. The average Bonchev–Trinajstić information content (AvgIpc) is 2.74. The van der Waals surface area contributed by atoms with E-state index in [4.69, 9.17) is 10.5 Å². The maximum atomic E-state index is 10.6. The van der Waals surface area contributed by atoms with E-state index in [2.05, 4.69) is 12.2 Å². The summed E-state index contributed by atoms with van der Waals surface area (Å²) in [7, 11) is 0. The van der Waals surface area contributed by atoms with Crippen LogP contribution in [0.1, 0.15) is 17.9 Å². The Hall–Kier alpha value is -1.20. The minimum Gasteiger partial charge on any atom is -0.484 e. The second-order valence-electron chi connectivity index (χ2n) is 4.11. The molecular formula is C12H16N2O2S. The third-order valence-electron chi connectivity index (χ3n) is 2.51. The molecule has 0 saturated carbocycles. The highest BCUT2D eigenvalue weighted by Crippen LogP contribution is 2.33. The number of primary amides is 1. The molecule has 1 aliphatic rings. The first-order valence-corrected chi connectivity index (χ1v) is 6.59. The Morgan fingerprint density at radius 2 is 2.24 bits per heavy atom. The van der Waals surface area contributed by atoms with Crippen molar-refractivity contribution in [2.24, 2.45) is 5.73 Å². The molecule has 0 aliphatic carbocycles. The van der Waals surface area contributed by atoms with Crippen LogP contribution in [-0.2, 0) is 4.79 Å². The lowest BCUT2D eigenvalue weighted by atomic mass is 10.2. The Kier molecular flexibility index (Phi) is 3.91. The van der Waals surface area contributed by atoms with Gasteiger partial charge in [0.25, 0.3) is 5.91 Å². The van der Waals surface area contributed by atoms with Crippen LogP contribution >= 0.6 is 11.8 Å². The summed E-state index contributed by atoms with van der Waals surface area (Å²) >= 11 is 1.90. The predicted octanol–water partition coefficient (Wildman–Crippen LogP) is 1.27. The van der Waals surface area contributed by atoms with Crippen molar-refractivity contribution in [1.82, 2.24) is 5.32 Å². The van der Waals surface area contributed by atoms with E-state index in [-0.39, 0.29) is 6.61 Å². The Morgan fingerprint density at radius 1 is 1.53 bits per heavy atom. The number of nitrogens with two attached hydrogens (primary N) is 1. The molecule has 0 spiro atoms. The third-order valence-corrected chi connectivity index (χ3v) is 3.95. The molecule has 3 N–H and O–H groups in total. The van der Waals surface area contributed by atoms with Crippen LogP contribution in [0.5, 0.6) is 5.75 Å². The molecule has 0 bridgehead atoms. The zero-order chi connectivity index (χ0) is 12.3. The van der Waals surface area contributed by atoms with Crippen molar-refractivity contribution in [3.05, 3.63) is 29.8 Å². The first-order chi connectivity index (χ1) is 8.15. The smallest absolute Gasteiger partial charge is 0.255 e. The molecule has 17 heavy (non-hydrogen) atoms. The second-order valence-corrected chi connectivity index (χ2v) is 5.24. The number of nitrogens with one attached hydrogen (secondary N) is 1. The highest BCUT2D eigenvalue weighted by Gasteiger charge is 2.21. The maximum absolute atomic E-state index is 10.6. The van der Waals surface area contributed by atoms with Gasteiger partial charge in [-0.3, -0.25) is 10.1 Å². The van der Waals surface area contributed by atoms with Crippen LogP contribution in [0.4, 0.5) is 0 Å². The first kappa shape index (κ1) is 12.3. The number of carbonyl (C=O) groups excluding carboxylic acids is 1. The fourth-order valence-corrected chi connectivity index (χ4v) is 2.94. The summed E-state index contributed by atoms with van der Waals surface area (Å²) in [6.07, 6.45) is 0. The molecule has 1 amide bonds. The number of ether oxygens (including phenoxy) is 1. The van der Waals surface area contributed by atoms with E-state index < -0.39 is 5.91 Å². The molecule has 1 aromatic carbocycles.